The van der Waals surface area contributed by atoms with E-state index in [1.165, 1.54) is 44.2 Å². The minimum absolute atomic E-state index is 0.135. The van der Waals surface area contributed by atoms with Crippen molar-refractivity contribution in [2.75, 3.05) is 12.1 Å². The Hall–Kier alpha value is -4.21. The number of non-ortho nitro benzene ring substituents is 1. The van der Waals surface area contributed by atoms with Crippen LogP contribution < -0.4 is 20.3 Å². The van der Waals surface area contributed by atoms with E-state index in [2.05, 4.69) is 10.4 Å². The van der Waals surface area contributed by atoms with Gasteiger partial charge in [0.25, 0.3) is 17.2 Å². The van der Waals surface area contributed by atoms with Gasteiger partial charge in [0, 0.05) is 29.4 Å². The Bertz CT molecular complexity index is 1250. The number of rotatable bonds is 5. The third-order valence-electron chi connectivity index (χ3n) is 4.87. The predicted molar refractivity (Wildman–Crippen MR) is 111 cm³/mol. The minimum Gasteiger partial charge on any atom is -0.454 e. The SMILES string of the molecule is CC(C)(C(=O)Nc1cccc([N+](=O)[O-])c1)n1nc(-c2ccc3c(c2)OCO3)ccc1=O. The van der Waals surface area contributed by atoms with Crippen LogP contribution in [0.2, 0.25) is 0 Å². The number of nitrogens with one attached hydrogen (secondary N) is 1. The number of hydrogen-bond acceptors (Lipinski definition) is 7. The number of benzene rings is 2. The maximum absolute atomic E-state index is 13.0. The summed E-state index contributed by atoms with van der Waals surface area (Å²) in [5.41, 5.74) is -0.609. The van der Waals surface area contributed by atoms with E-state index in [9.17, 15) is 19.7 Å². The first kappa shape index (κ1) is 20.1. The molecule has 0 saturated carbocycles. The molecule has 31 heavy (non-hydrogen) atoms. The number of hydrogen-bond donors (Lipinski definition) is 1. The number of aromatic nitrogens is 2. The number of nitro groups is 1. The number of nitro benzene ring substituents is 1. The molecule has 0 unspecified atom stereocenters. The van der Waals surface area contributed by atoms with Crippen molar-refractivity contribution in [2.24, 2.45) is 0 Å². The molecule has 1 aromatic heterocycles. The maximum atomic E-state index is 13.0. The molecule has 1 amide bonds. The first-order chi connectivity index (χ1) is 14.8. The van der Waals surface area contributed by atoms with E-state index in [4.69, 9.17) is 9.47 Å². The number of amides is 1. The Morgan fingerprint density at radius 3 is 2.68 bits per heavy atom. The van der Waals surface area contributed by atoms with Crippen LogP contribution in [0.15, 0.2) is 59.4 Å². The molecule has 0 spiro atoms. The van der Waals surface area contributed by atoms with Crippen LogP contribution in [0.5, 0.6) is 11.5 Å². The lowest BCUT2D eigenvalue weighted by Gasteiger charge is -2.25. The van der Waals surface area contributed by atoms with Crippen molar-refractivity contribution < 1.29 is 19.2 Å². The molecule has 4 rings (SSSR count). The lowest BCUT2D eigenvalue weighted by Crippen LogP contribution is -2.47. The highest BCUT2D eigenvalue weighted by atomic mass is 16.7. The fourth-order valence-electron chi connectivity index (χ4n) is 3.10. The summed E-state index contributed by atoms with van der Waals surface area (Å²) in [5.74, 6) is 0.638. The fourth-order valence-corrected chi connectivity index (χ4v) is 3.10. The first-order valence-corrected chi connectivity index (χ1v) is 9.32. The van der Waals surface area contributed by atoms with E-state index in [0.29, 0.717) is 22.8 Å². The van der Waals surface area contributed by atoms with Crippen molar-refractivity contribution in [2.45, 2.75) is 19.4 Å². The lowest BCUT2D eigenvalue weighted by molar-refractivity contribution is -0.384. The van der Waals surface area contributed by atoms with Crippen molar-refractivity contribution in [3.8, 4) is 22.8 Å². The average Bonchev–Trinajstić information content (AvgIpc) is 3.22. The van der Waals surface area contributed by atoms with Crippen LogP contribution in [-0.4, -0.2) is 27.4 Å². The largest absolute Gasteiger partial charge is 0.454 e. The monoisotopic (exact) mass is 422 g/mol. The molecule has 1 aliphatic rings. The zero-order chi connectivity index (χ0) is 22.2. The summed E-state index contributed by atoms with van der Waals surface area (Å²) in [7, 11) is 0. The molecule has 0 aliphatic carbocycles. The molecule has 2 aromatic carbocycles. The van der Waals surface area contributed by atoms with Crippen LogP contribution in [0, 0.1) is 10.1 Å². The zero-order valence-corrected chi connectivity index (χ0v) is 16.7. The van der Waals surface area contributed by atoms with E-state index in [1.54, 1.807) is 24.3 Å². The van der Waals surface area contributed by atoms with Gasteiger partial charge >= 0.3 is 0 Å². The zero-order valence-electron chi connectivity index (χ0n) is 16.7. The van der Waals surface area contributed by atoms with Gasteiger partial charge in [-0.3, -0.25) is 19.7 Å². The number of fused-ring (bicyclic) bond motifs is 1. The molecule has 10 nitrogen and oxygen atoms in total. The minimum atomic E-state index is -1.38. The third kappa shape index (κ3) is 3.82. The van der Waals surface area contributed by atoms with E-state index < -0.39 is 21.9 Å². The maximum Gasteiger partial charge on any atom is 0.271 e. The highest BCUT2D eigenvalue weighted by Gasteiger charge is 2.32. The summed E-state index contributed by atoms with van der Waals surface area (Å²) in [6.07, 6.45) is 0. The second kappa shape index (κ2) is 7.56. The van der Waals surface area contributed by atoms with Crippen molar-refractivity contribution in [3.05, 3.63) is 75.1 Å². The molecule has 158 valence electrons. The third-order valence-corrected chi connectivity index (χ3v) is 4.87. The van der Waals surface area contributed by atoms with Gasteiger partial charge in [-0.25, -0.2) is 4.68 Å². The summed E-state index contributed by atoms with van der Waals surface area (Å²) in [4.78, 5) is 35.9. The van der Waals surface area contributed by atoms with Gasteiger partial charge in [0.15, 0.2) is 11.5 Å². The molecule has 2 heterocycles. The molecule has 0 radical (unpaired) electrons. The number of ether oxygens (including phenoxy) is 2. The molecule has 0 bridgehead atoms. The fraction of sp³-hybridized carbons (Fsp3) is 0.190. The molecule has 0 saturated heterocycles. The normalized spacial score (nSPS) is 12.5. The Labute approximate surface area is 176 Å². The standard InChI is InChI=1S/C21H18N4O6/c1-21(2,20(27)22-14-4-3-5-15(11-14)25(28)29)24-19(26)9-7-16(23-24)13-6-8-17-18(10-13)31-12-30-17/h3-11H,12H2,1-2H3,(H,22,27). The topological polar surface area (TPSA) is 126 Å². The smallest absolute Gasteiger partial charge is 0.271 e. The Kier molecular flexibility index (Phi) is 4.90. The van der Waals surface area contributed by atoms with Crippen molar-refractivity contribution in [3.63, 3.8) is 0 Å². The molecule has 1 N–H and O–H groups in total. The van der Waals surface area contributed by atoms with Gasteiger partial charge in [0.1, 0.15) is 5.54 Å². The first-order valence-electron chi connectivity index (χ1n) is 9.32. The molecule has 0 fully saturated rings. The molecular formula is C21H18N4O6. The Balaban J connectivity index is 1.65. The molecule has 3 aromatic rings. The van der Waals surface area contributed by atoms with E-state index in [0.717, 1.165) is 4.68 Å². The van der Waals surface area contributed by atoms with Gasteiger partial charge in [-0.1, -0.05) is 6.07 Å². The Morgan fingerprint density at radius 1 is 1.13 bits per heavy atom. The van der Waals surface area contributed by atoms with Gasteiger partial charge in [-0.05, 0) is 44.2 Å². The van der Waals surface area contributed by atoms with Gasteiger partial charge in [-0.15, -0.1) is 0 Å². The number of carbonyl (C=O) groups is 1. The molecule has 0 atom stereocenters. The predicted octanol–water partition coefficient (Wildman–Crippen LogP) is 2.92. The van der Waals surface area contributed by atoms with Crippen LogP contribution in [0.25, 0.3) is 11.3 Å². The molecular weight excluding hydrogens is 404 g/mol. The van der Waals surface area contributed by atoms with Crippen LogP contribution in [0.4, 0.5) is 11.4 Å². The second-order valence-corrected chi connectivity index (χ2v) is 7.36. The van der Waals surface area contributed by atoms with E-state index in [1.807, 2.05) is 0 Å². The summed E-state index contributed by atoms with van der Waals surface area (Å²) in [5, 5.41) is 18.0. The van der Waals surface area contributed by atoms with E-state index >= 15 is 0 Å². The van der Waals surface area contributed by atoms with Crippen LogP contribution in [0.3, 0.4) is 0 Å². The number of carbonyl (C=O) groups excluding carboxylic acids is 1. The number of anilines is 1. The number of nitrogens with zero attached hydrogens (tertiary/aromatic N) is 3. The van der Waals surface area contributed by atoms with E-state index in [-0.39, 0.29) is 18.2 Å². The summed E-state index contributed by atoms with van der Waals surface area (Å²) in [6.45, 7) is 3.21. The quantitative estimate of drug-likeness (QED) is 0.495. The van der Waals surface area contributed by atoms with Gasteiger partial charge < -0.3 is 14.8 Å². The second-order valence-electron chi connectivity index (χ2n) is 7.36. The van der Waals surface area contributed by atoms with Crippen molar-refractivity contribution in [1.82, 2.24) is 9.78 Å². The summed E-state index contributed by atoms with van der Waals surface area (Å²) in [6, 6.07) is 13.7. The van der Waals surface area contributed by atoms with Gasteiger partial charge in [0.05, 0.1) is 10.6 Å². The summed E-state index contributed by atoms with van der Waals surface area (Å²) < 4.78 is 11.8. The van der Waals surface area contributed by atoms with Crippen molar-refractivity contribution >= 4 is 17.3 Å². The van der Waals surface area contributed by atoms with Crippen LogP contribution in [-0.2, 0) is 10.3 Å². The highest BCUT2D eigenvalue weighted by molar-refractivity contribution is 5.96. The van der Waals surface area contributed by atoms with Gasteiger partial charge in [-0.2, -0.15) is 5.10 Å². The van der Waals surface area contributed by atoms with Crippen LogP contribution in [0.1, 0.15) is 13.8 Å². The van der Waals surface area contributed by atoms with Crippen molar-refractivity contribution in [1.29, 1.82) is 0 Å². The van der Waals surface area contributed by atoms with Gasteiger partial charge in [0.2, 0.25) is 6.79 Å². The Morgan fingerprint density at radius 2 is 1.90 bits per heavy atom. The lowest BCUT2D eigenvalue weighted by atomic mass is 10.0. The molecule has 10 heteroatoms. The highest BCUT2D eigenvalue weighted by Crippen LogP contribution is 2.35. The summed E-state index contributed by atoms with van der Waals surface area (Å²) >= 11 is 0. The average molecular weight is 422 g/mol. The van der Waals surface area contributed by atoms with Crippen LogP contribution >= 0.6 is 0 Å². The molecule has 1 aliphatic heterocycles.